The maximum Gasteiger partial charge on any atom is 0.234 e. The molecular weight excluding hydrogens is 566 g/mol. The number of nitrogens with one attached hydrogen (secondary N) is 1. The van der Waals surface area contributed by atoms with Gasteiger partial charge in [0.15, 0.2) is 0 Å². The number of ether oxygens (including phenoxy) is 1. The van der Waals surface area contributed by atoms with Crippen molar-refractivity contribution < 1.29 is 9.53 Å². The Balaban J connectivity index is 1.40. The molecule has 44 heavy (non-hydrogen) atoms. The standard InChI is InChI=1S/C36H41N5O2S/c1-5-35(44)39-26(4)21-40-22-28(19-38-40)23-41(29-17-18-33(25(2)3)37-20-29)36(42)32-15-9-14-31-30(32)13-10-16-34(31)43-24-27-11-7-6-8-12-27/h6-8,10-13,16-20,22,25,32H,4-5,9,14-15,21,23-24H2,1-3H3,(H,39,44). The van der Waals surface area contributed by atoms with Gasteiger partial charge in [-0.2, -0.15) is 5.10 Å². The van der Waals surface area contributed by atoms with E-state index in [0.29, 0.717) is 25.6 Å². The Morgan fingerprint density at radius 1 is 1.11 bits per heavy atom. The normalized spacial score (nSPS) is 14.1. The van der Waals surface area contributed by atoms with Gasteiger partial charge in [-0.3, -0.25) is 14.5 Å². The van der Waals surface area contributed by atoms with Crippen molar-refractivity contribution in [3.63, 3.8) is 0 Å². The largest absolute Gasteiger partial charge is 0.489 e. The van der Waals surface area contributed by atoms with Crippen molar-refractivity contribution in [3.8, 4) is 5.75 Å². The number of allylic oxidation sites excluding steroid dienone is 1. The molecule has 2 aromatic carbocycles. The van der Waals surface area contributed by atoms with Crippen LogP contribution in [0.1, 0.15) is 79.8 Å². The fourth-order valence-electron chi connectivity index (χ4n) is 5.60. The second-order valence-electron chi connectivity index (χ2n) is 11.6. The molecule has 228 valence electrons. The first-order valence-electron chi connectivity index (χ1n) is 15.4. The van der Waals surface area contributed by atoms with E-state index in [1.165, 1.54) is 0 Å². The zero-order valence-electron chi connectivity index (χ0n) is 25.8. The molecule has 8 heteroatoms. The van der Waals surface area contributed by atoms with Gasteiger partial charge in [0.25, 0.3) is 0 Å². The van der Waals surface area contributed by atoms with Gasteiger partial charge in [0.2, 0.25) is 5.91 Å². The predicted octanol–water partition coefficient (Wildman–Crippen LogP) is 7.47. The molecule has 1 aliphatic carbocycles. The minimum atomic E-state index is -0.280. The van der Waals surface area contributed by atoms with E-state index in [0.717, 1.165) is 75.8 Å². The number of carbonyl (C=O) groups is 1. The molecule has 7 nitrogen and oxygen atoms in total. The smallest absolute Gasteiger partial charge is 0.234 e. The topological polar surface area (TPSA) is 72.3 Å². The van der Waals surface area contributed by atoms with E-state index < -0.39 is 0 Å². The number of pyridine rings is 1. The minimum Gasteiger partial charge on any atom is -0.489 e. The van der Waals surface area contributed by atoms with Gasteiger partial charge >= 0.3 is 0 Å². The first-order valence-corrected chi connectivity index (χ1v) is 15.8. The number of aromatic nitrogens is 3. The summed E-state index contributed by atoms with van der Waals surface area (Å²) in [7, 11) is 0. The van der Waals surface area contributed by atoms with Crippen LogP contribution >= 0.6 is 12.2 Å². The Labute approximate surface area is 266 Å². The number of hydrogen-bond acceptors (Lipinski definition) is 5. The van der Waals surface area contributed by atoms with Gasteiger partial charge in [0, 0.05) is 23.2 Å². The van der Waals surface area contributed by atoms with Gasteiger partial charge in [0.1, 0.15) is 12.4 Å². The Morgan fingerprint density at radius 3 is 2.66 bits per heavy atom. The average Bonchev–Trinajstić information content (AvgIpc) is 3.48. The molecule has 0 aliphatic heterocycles. The Hall–Kier alpha value is -4.30. The van der Waals surface area contributed by atoms with Crippen LogP contribution in [-0.2, 0) is 30.9 Å². The quantitative estimate of drug-likeness (QED) is 0.169. The molecule has 2 aromatic heterocycles. The summed E-state index contributed by atoms with van der Waals surface area (Å²) in [5.74, 6) is 0.930. The van der Waals surface area contributed by atoms with Crippen LogP contribution < -0.4 is 15.0 Å². The molecule has 1 amide bonds. The molecule has 0 saturated carbocycles. The Bertz CT molecular complexity index is 1600. The van der Waals surface area contributed by atoms with Gasteiger partial charge in [-0.1, -0.05) is 82.0 Å². The maximum absolute atomic E-state index is 14.5. The summed E-state index contributed by atoms with van der Waals surface area (Å²) in [6.45, 7) is 11.7. The molecular formula is C36H41N5O2S. The molecule has 5 rings (SSSR count). The molecule has 0 bridgehead atoms. The lowest BCUT2D eigenvalue weighted by atomic mass is 9.81. The number of fused-ring (bicyclic) bond motifs is 1. The van der Waals surface area contributed by atoms with Crippen LogP contribution in [0.25, 0.3) is 0 Å². The Morgan fingerprint density at radius 2 is 1.93 bits per heavy atom. The van der Waals surface area contributed by atoms with E-state index in [9.17, 15) is 4.79 Å². The van der Waals surface area contributed by atoms with Crippen LogP contribution in [0, 0.1) is 0 Å². The highest BCUT2D eigenvalue weighted by Crippen LogP contribution is 2.39. The molecule has 1 unspecified atom stereocenters. The number of nitrogens with zero attached hydrogens (tertiary/aromatic N) is 4. The zero-order valence-corrected chi connectivity index (χ0v) is 26.6. The first-order chi connectivity index (χ1) is 21.3. The lowest BCUT2D eigenvalue weighted by Crippen LogP contribution is -2.36. The number of amides is 1. The van der Waals surface area contributed by atoms with Crippen LogP contribution in [0.4, 0.5) is 5.69 Å². The summed E-state index contributed by atoms with van der Waals surface area (Å²) in [6.07, 6.45) is 8.93. The second-order valence-corrected chi connectivity index (χ2v) is 12.1. The summed E-state index contributed by atoms with van der Waals surface area (Å²) in [6, 6.07) is 20.3. The van der Waals surface area contributed by atoms with Crippen molar-refractivity contribution in [2.75, 3.05) is 4.90 Å². The summed E-state index contributed by atoms with van der Waals surface area (Å²) in [4.78, 5) is 21.8. The third-order valence-electron chi connectivity index (χ3n) is 7.96. The number of hydrogen-bond donors (Lipinski definition) is 1. The molecule has 1 aliphatic rings. The number of carbonyl (C=O) groups excluding carboxylic acids is 1. The van der Waals surface area contributed by atoms with Crippen LogP contribution in [0.15, 0.2) is 91.5 Å². The van der Waals surface area contributed by atoms with E-state index in [2.05, 4.69) is 49.0 Å². The van der Waals surface area contributed by atoms with Gasteiger partial charge < -0.3 is 15.0 Å². The van der Waals surface area contributed by atoms with E-state index >= 15 is 0 Å². The predicted molar refractivity (Wildman–Crippen MR) is 180 cm³/mol. The van der Waals surface area contributed by atoms with E-state index in [1.54, 1.807) is 0 Å². The molecule has 4 aromatic rings. The second kappa shape index (κ2) is 14.4. The van der Waals surface area contributed by atoms with Crippen LogP contribution in [-0.4, -0.2) is 25.7 Å². The van der Waals surface area contributed by atoms with Crippen LogP contribution in [0.5, 0.6) is 5.75 Å². The van der Waals surface area contributed by atoms with Gasteiger partial charge in [-0.05, 0) is 66.5 Å². The average molecular weight is 608 g/mol. The van der Waals surface area contributed by atoms with Gasteiger partial charge in [-0.15, -0.1) is 0 Å². The van der Waals surface area contributed by atoms with Crippen molar-refractivity contribution in [2.45, 2.75) is 78.0 Å². The first kappa shape index (κ1) is 31.1. The molecule has 0 radical (unpaired) electrons. The van der Waals surface area contributed by atoms with Gasteiger partial charge in [0.05, 0.1) is 42.1 Å². The van der Waals surface area contributed by atoms with E-state index in [4.69, 9.17) is 21.9 Å². The lowest BCUT2D eigenvalue weighted by Gasteiger charge is -2.31. The monoisotopic (exact) mass is 607 g/mol. The van der Waals surface area contributed by atoms with Crippen molar-refractivity contribution >= 4 is 28.8 Å². The SMILES string of the molecule is C=C(Cn1cc(CN(C(=O)C2CCCc3c(OCc4ccccc4)cccc32)c2ccc(C(C)C)nc2)cn1)NC(=S)CC. The van der Waals surface area contributed by atoms with Gasteiger partial charge in [-0.25, -0.2) is 0 Å². The number of rotatable bonds is 12. The zero-order chi connectivity index (χ0) is 31.1. The summed E-state index contributed by atoms with van der Waals surface area (Å²) in [5, 5.41) is 7.70. The van der Waals surface area contributed by atoms with E-state index in [-0.39, 0.29) is 11.8 Å². The molecule has 0 fully saturated rings. The minimum absolute atomic E-state index is 0.0531. The molecule has 1 atom stereocenters. The van der Waals surface area contributed by atoms with Crippen LogP contribution in [0.2, 0.25) is 0 Å². The number of anilines is 1. The highest BCUT2D eigenvalue weighted by atomic mass is 32.1. The van der Waals surface area contributed by atoms with Crippen molar-refractivity contribution in [3.05, 3.63) is 119 Å². The summed E-state index contributed by atoms with van der Waals surface area (Å²) >= 11 is 5.29. The number of benzene rings is 2. The molecule has 0 spiro atoms. The molecule has 2 heterocycles. The van der Waals surface area contributed by atoms with Crippen molar-refractivity contribution in [1.29, 1.82) is 0 Å². The molecule has 0 saturated heterocycles. The van der Waals surface area contributed by atoms with Crippen molar-refractivity contribution in [1.82, 2.24) is 20.1 Å². The lowest BCUT2D eigenvalue weighted by molar-refractivity contribution is -0.120. The fraction of sp³-hybridized carbons (Fsp3) is 0.333. The van der Waals surface area contributed by atoms with E-state index in [1.807, 2.05) is 77.6 Å². The third kappa shape index (κ3) is 7.61. The molecule has 1 N–H and O–H groups in total. The Kier molecular flexibility index (Phi) is 10.2. The highest BCUT2D eigenvalue weighted by Gasteiger charge is 2.32. The third-order valence-corrected chi connectivity index (χ3v) is 8.35. The maximum atomic E-state index is 14.5. The fourth-order valence-corrected chi connectivity index (χ4v) is 5.75. The van der Waals surface area contributed by atoms with Crippen molar-refractivity contribution in [2.24, 2.45) is 0 Å². The van der Waals surface area contributed by atoms with Crippen LogP contribution in [0.3, 0.4) is 0 Å². The highest BCUT2D eigenvalue weighted by molar-refractivity contribution is 7.80. The number of thiocarbonyl (C=S) groups is 1. The summed E-state index contributed by atoms with van der Waals surface area (Å²) in [5.41, 5.74) is 6.76. The summed E-state index contributed by atoms with van der Waals surface area (Å²) < 4.78 is 8.11.